The first-order chi connectivity index (χ1) is 6.11. The summed E-state index contributed by atoms with van der Waals surface area (Å²) in [7, 11) is 0. The molecule has 0 aliphatic carbocycles. The molecule has 1 heterocycles. The van der Waals surface area contributed by atoms with E-state index < -0.39 is 0 Å². The number of hydrogen-bond acceptors (Lipinski definition) is 3. The zero-order chi connectivity index (χ0) is 9.84. The minimum Gasteiger partial charge on any atom is -0.369 e. The van der Waals surface area contributed by atoms with E-state index in [1.165, 1.54) is 0 Å². The van der Waals surface area contributed by atoms with Crippen molar-refractivity contribution >= 4 is 5.78 Å². The van der Waals surface area contributed by atoms with Crippen LogP contribution in [0.3, 0.4) is 0 Å². The Kier molecular flexibility index (Phi) is 3.63. The minimum absolute atomic E-state index is 0.0723. The average Bonchev–Trinajstić information content (AvgIpc) is 2.01. The van der Waals surface area contributed by atoms with Gasteiger partial charge in [0.25, 0.3) is 0 Å². The van der Waals surface area contributed by atoms with E-state index in [1.54, 1.807) is 13.0 Å². The summed E-state index contributed by atoms with van der Waals surface area (Å²) in [6.45, 7) is 9.47. The fourth-order valence-electron chi connectivity index (χ4n) is 1.65. The summed E-state index contributed by atoms with van der Waals surface area (Å²) in [5.74, 6) is 0.205. The van der Waals surface area contributed by atoms with E-state index in [9.17, 15) is 4.79 Å². The first-order valence-corrected chi connectivity index (χ1v) is 4.61. The fourth-order valence-corrected chi connectivity index (χ4v) is 1.65. The highest BCUT2D eigenvalue weighted by molar-refractivity contribution is 5.77. The molecule has 1 aliphatic heterocycles. The maximum Gasteiger partial charge on any atom is 0.143 e. The van der Waals surface area contributed by atoms with Gasteiger partial charge in [0, 0.05) is 13.1 Å². The van der Waals surface area contributed by atoms with Crippen LogP contribution in [0.1, 0.15) is 13.8 Å². The van der Waals surface area contributed by atoms with Gasteiger partial charge in [0.05, 0.1) is 18.8 Å². The third-order valence-corrected chi connectivity index (χ3v) is 2.07. The number of rotatable bonds is 3. The molecule has 13 heavy (non-hydrogen) atoms. The number of ketones is 1. The molecule has 3 nitrogen and oxygen atoms in total. The molecule has 0 unspecified atom stereocenters. The zero-order valence-corrected chi connectivity index (χ0v) is 8.32. The average molecular weight is 183 g/mol. The smallest absolute Gasteiger partial charge is 0.143 e. The van der Waals surface area contributed by atoms with Gasteiger partial charge in [0.2, 0.25) is 0 Å². The second kappa shape index (κ2) is 4.53. The molecule has 2 atom stereocenters. The summed E-state index contributed by atoms with van der Waals surface area (Å²) in [6, 6.07) is 0. The Bertz CT molecular complexity index is 203. The largest absolute Gasteiger partial charge is 0.369 e. The van der Waals surface area contributed by atoms with Gasteiger partial charge in [0.1, 0.15) is 5.78 Å². The maximum absolute atomic E-state index is 10.9. The Hall–Kier alpha value is -0.670. The summed E-state index contributed by atoms with van der Waals surface area (Å²) in [5, 5.41) is 0. The van der Waals surface area contributed by atoms with Crippen LogP contribution in [0.4, 0.5) is 0 Å². The molecule has 0 aromatic carbocycles. The Labute approximate surface area is 79.4 Å². The molecule has 0 aromatic rings. The molecule has 0 N–H and O–H groups in total. The van der Waals surface area contributed by atoms with Gasteiger partial charge in [-0.2, -0.15) is 0 Å². The monoisotopic (exact) mass is 183 g/mol. The molecule has 0 saturated carbocycles. The lowest BCUT2D eigenvalue weighted by Gasteiger charge is -2.34. The minimum atomic E-state index is 0.0723. The van der Waals surface area contributed by atoms with Crippen molar-refractivity contribution in [2.24, 2.45) is 0 Å². The number of carbonyl (C=O) groups excluding carboxylic acids is 1. The highest BCUT2D eigenvalue weighted by Crippen LogP contribution is 2.11. The van der Waals surface area contributed by atoms with E-state index in [0.29, 0.717) is 6.54 Å². The van der Waals surface area contributed by atoms with Crippen LogP contribution in [0.2, 0.25) is 0 Å². The summed E-state index contributed by atoms with van der Waals surface area (Å²) >= 11 is 0. The van der Waals surface area contributed by atoms with Gasteiger partial charge in [-0.3, -0.25) is 9.69 Å². The molecule has 0 radical (unpaired) electrons. The van der Waals surface area contributed by atoms with E-state index in [1.807, 2.05) is 6.92 Å². The van der Waals surface area contributed by atoms with Crippen LogP contribution in [0.25, 0.3) is 0 Å². The van der Waals surface area contributed by atoms with Crippen molar-refractivity contribution in [3.05, 3.63) is 12.7 Å². The van der Waals surface area contributed by atoms with Crippen molar-refractivity contribution in [1.82, 2.24) is 4.90 Å². The Morgan fingerprint density at radius 2 is 2.38 bits per heavy atom. The number of Topliss-reactive ketones (excluding diaryl/α,β-unsaturated/α-hetero) is 1. The SMILES string of the molecule is C=C[C@H]1CN(CC(C)=O)C[C@@H](C)O1. The summed E-state index contributed by atoms with van der Waals surface area (Å²) in [5.41, 5.74) is 0. The van der Waals surface area contributed by atoms with Gasteiger partial charge in [-0.25, -0.2) is 0 Å². The second-order valence-electron chi connectivity index (χ2n) is 3.62. The predicted octanol–water partition coefficient (Wildman–Crippen LogP) is 0.851. The fraction of sp³-hybridized carbons (Fsp3) is 0.700. The van der Waals surface area contributed by atoms with Crippen LogP contribution < -0.4 is 0 Å². The topological polar surface area (TPSA) is 29.5 Å². The third kappa shape index (κ3) is 3.28. The van der Waals surface area contributed by atoms with E-state index in [2.05, 4.69) is 11.5 Å². The molecular formula is C10H17NO2. The molecule has 0 amide bonds. The van der Waals surface area contributed by atoms with Gasteiger partial charge in [-0.15, -0.1) is 6.58 Å². The van der Waals surface area contributed by atoms with E-state index in [-0.39, 0.29) is 18.0 Å². The van der Waals surface area contributed by atoms with Crippen LogP contribution in [0, 0.1) is 0 Å². The molecule has 74 valence electrons. The summed E-state index contributed by atoms with van der Waals surface area (Å²) in [6.07, 6.45) is 2.06. The van der Waals surface area contributed by atoms with E-state index >= 15 is 0 Å². The molecule has 0 bridgehead atoms. The molecule has 1 rings (SSSR count). The Morgan fingerprint density at radius 3 is 2.92 bits per heavy atom. The van der Waals surface area contributed by atoms with Crippen molar-refractivity contribution in [2.45, 2.75) is 26.1 Å². The number of nitrogens with zero attached hydrogens (tertiary/aromatic N) is 1. The molecular weight excluding hydrogens is 166 g/mol. The van der Waals surface area contributed by atoms with E-state index in [4.69, 9.17) is 4.74 Å². The molecule has 1 fully saturated rings. The van der Waals surface area contributed by atoms with Crippen molar-refractivity contribution in [3.8, 4) is 0 Å². The normalized spacial score (nSPS) is 30.0. The lowest BCUT2D eigenvalue weighted by Crippen LogP contribution is -2.47. The molecule has 1 saturated heterocycles. The van der Waals surface area contributed by atoms with Crippen LogP contribution in [0.15, 0.2) is 12.7 Å². The Balaban J connectivity index is 2.46. The van der Waals surface area contributed by atoms with Gasteiger partial charge in [-0.05, 0) is 13.8 Å². The van der Waals surface area contributed by atoms with Gasteiger partial charge >= 0.3 is 0 Å². The van der Waals surface area contributed by atoms with Crippen molar-refractivity contribution < 1.29 is 9.53 Å². The highest BCUT2D eigenvalue weighted by Gasteiger charge is 2.23. The number of carbonyl (C=O) groups is 1. The maximum atomic E-state index is 10.9. The lowest BCUT2D eigenvalue weighted by molar-refractivity contribution is -0.121. The van der Waals surface area contributed by atoms with Crippen LogP contribution in [0.5, 0.6) is 0 Å². The standard InChI is InChI=1S/C10H17NO2/c1-4-10-7-11(5-8(2)12)6-9(3)13-10/h4,9-10H,1,5-7H2,2-3H3/t9-,10+/m1/s1. The summed E-state index contributed by atoms with van der Waals surface area (Å²) in [4.78, 5) is 13.0. The van der Waals surface area contributed by atoms with Crippen molar-refractivity contribution in [2.75, 3.05) is 19.6 Å². The summed E-state index contributed by atoms with van der Waals surface area (Å²) < 4.78 is 5.58. The van der Waals surface area contributed by atoms with Gasteiger partial charge in [0.15, 0.2) is 0 Å². The zero-order valence-electron chi connectivity index (χ0n) is 8.32. The van der Waals surface area contributed by atoms with E-state index in [0.717, 1.165) is 13.1 Å². The van der Waals surface area contributed by atoms with Crippen molar-refractivity contribution in [1.29, 1.82) is 0 Å². The number of ether oxygens (including phenoxy) is 1. The van der Waals surface area contributed by atoms with Crippen molar-refractivity contribution in [3.63, 3.8) is 0 Å². The first kappa shape index (κ1) is 10.4. The van der Waals surface area contributed by atoms with Crippen LogP contribution in [-0.2, 0) is 9.53 Å². The third-order valence-electron chi connectivity index (χ3n) is 2.07. The molecule has 3 heteroatoms. The predicted molar refractivity (Wildman–Crippen MR) is 51.7 cm³/mol. The first-order valence-electron chi connectivity index (χ1n) is 4.61. The number of morpholine rings is 1. The van der Waals surface area contributed by atoms with Gasteiger partial charge < -0.3 is 4.74 Å². The molecule has 0 aromatic heterocycles. The molecule has 1 aliphatic rings. The van der Waals surface area contributed by atoms with Crippen LogP contribution >= 0.6 is 0 Å². The Morgan fingerprint density at radius 1 is 1.69 bits per heavy atom. The van der Waals surface area contributed by atoms with Crippen LogP contribution in [-0.4, -0.2) is 42.5 Å². The second-order valence-corrected chi connectivity index (χ2v) is 3.62. The quantitative estimate of drug-likeness (QED) is 0.607. The highest BCUT2D eigenvalue weighted by atomic mass is 16.5. The number of hydrogen-bond donors (Lipinski definition) is 0. The lowest BCUT2D eigenvalue weighted by atomic mass is 10.2. The molecule has 0 spiro atoms. The van der Waals surface area contributed by atoms with Gasteiger partial charge in [-0.1, -0.05) is 6.08 Å².